The first-order chi connectivity index (χ1) is 12.6. The van der Waals surface area contributed by atoms with Gasteiger partial charge in [0.15, 0.2) is 5.96 Å². The van der Waals surface area contributed by atoms with E-state index in [1.807, 2.05) is 37.3 Å². The van der Waals surface area contributed by atoms with Gasteiger partial charge >= 0.3 is 0 Å². The smallest absolute Gasteiger partial charge is 0.221 e. The number of anilines is 1. The molecule has 0 radical (unpaired) electrons. The van der Waals surface area contributed by atoms with Crippen LogP contribution in [0.4, 0.5) is 5.69 Å². The Morgan fingerprint density at radius 3 is 2.73 bits per heavy atom. The molecule has 0 bridgehead atoms. The molecule has 0 aliphatic carbocycles. The summed E-state index contributed by atoms with van der Waals surface area (Å²) in [6, 6.07) is 11.4. The minimum atomic E-state index is -0.0858. The Kier molecular flexibility index (Phi) is 7.89. The average molecular weight is 374 g/mol. The summed E-state index contributed by atoms with van der Waals surface area (Å²) in [7, 11) is 0. The van der Waals surface area contributed by atoms with Crippen LogP contribution in [0.2, 0.25) is 5.15 Å². The largest absolute Gasteiger partial charge is 0.357 e. The monoisotopic (exact) mass is 373 g/mol. The number of benzene rings is 1. The molecule has 138 valence electrons. The zero-order valence-corrected chi connectivity index (χ0v) is 15.8. The number of rotatable bonds is 7. The Labute approximate surface area is 159 Å². The third kappa shape index (κ3) is 7.11. The molecule has 1 amide bonds. The summed E-state index contributed by atoms with van der Waals surface area (Å²) < 4.78 is 0. The SMILES string of the molecule is CCNC(=NCc1cccc(NC(C)=O)c1)NCCc1ccc(Cl)nc1. The second-order valence-electron chi connectivity index (χ2n) is 5.74. The number of pyridine rings is 1. The van der Waals surface area contributed by atoms with Crippen molar-refractivity contribution in [3.63, 3.8) is 0 Å². The standard InChI is InChI=1S/C19H24ClN5O/c1-3-21-19(22-10-9-15-7-8-18(20)23-12-15)24-13-16-5-4-6-17(11-16)25-14(2)26/h4-8,11-12H,3,9-10,13H2,1-2H3,(H,25,26)(H2,21,22,24). The summed E-state index contributed by atoms with van der Waals surface area (Å²) in [6.07, 6.45) is 2.61. The van der Waals surface area contributed by atoms with E-state index < -0.39 is 0 Å². The lowest BCUT2D eigenvalue weighted by Crippen LogP contribution is -2.38. The van der Waals surface area contributed by atoms with Gasteiger partial charge < -0.3 is 16.0 Å². The van der Waals surface area contributed by atoms with Gasteiger partial charge in [-0.1, -0.05) is 29.8 Å². The van der Waals surface area contributed by atoms with Crippen LogP contribution in [-0.4, -0.2) is 29.9 Å². The molecule has 2 rings (SSSR count). The molecule has 0 atom stereocenters. The summed E-state index contributed by atoms with van der Waals surface area (Å²) in [5.74, 6) is 0.664. The molecule has 6 nitrogen and oxygen atoms in total. The quantitative estimate of drug-likeness (QED) is 0.396. The second-order valence-corrected chi connectivity index (χ2v) is 6.13. The molecule has 0 spiro atoms. The third-order valence-corrected chi connectivity index (χ3v) is 3.73. The van der Waals surface area contributed by atoms with E-state index in [9.17, 15) is 4.79 Å². The van der Waals surface area contributed by atoms with Gasteiger partial charge in [-0.2, -0.15) is 0 Å². The Morgan fingerprint density at radius 2 is 2.04 bits per heavy atom. The number of nitrogens with zero attached hydrogens (tertiary/aromatic N) is 2. The highest BCUT2D eigenvalue weighted by Crippen LogP contribution is 2.11. The molecule has 0 saturated heterocycles. The molecular weight excluding hydrogens is 350 g/mol. The summed E-state index contributed by atoms with van der Waals surface area (Å²) in [5, 5.41) is 9.82. The zero-order valence-electron chi connectivity index (χ0n) is 15.1. The van der Waals surface area contributed by atoms with Gasteiger partial charge in [-0.25, -0.2) is 9.98 Å². The fourth-order valence-corrected chi connectivity index (χ4v) is 2.45. The maximum absolute atomic E-state index is 11.2. The number of nitrogens with one attached hydrogen (secondary N) is 3. The molecule has 26 heavy (non-hydrogen) atoms. The molecule has 0 aliphatic heterocycles. The zero-order chi connectivity index (χ0) is 18.8. The molecule has 0 aliphatic rings. The van der Waals surface area contributed by atoms with Gasteiger partial charge in [0.1, 0.15) is 5.15 Å². The molecule has 0 fully saturated rings. The predicted molar refractivity (Wildman–Crippen MR) is 107 cm³/mol. The number of hydrogen-bond acceptors (Lipinski definition) is 3. The van der Waals surface area contributed by atoms with Gasteiger partial charge in [0, 0.05) is 31.9 Å². The highest BCUT2D eigenvalue weighted by Gasteiger charge is 2.01. The van der Waals surface area contributed by atoms with Crippen molar-refractivity contribution >= 4 is 29.2 Å². The van der Waals surface area contributed by atoms with Crippen LogP contribution in [0.25, 0.3) is 0 Å². The third-order valence-electron chi connectivity index (χ3n) is 3.51. The lowest BCUT2D eigenvalue weighted by Gasteiger charge is -2.11. The number of aliphatic imine (C=N–C) groups is 1. The Morgan fingerprint density at radius 1 is 1.19 bits per heavy atom. The summed E-state index contributed by atoms with van der Waals surface area (Å²) >= 11 is 5.80. The minimum Gasteiger partial charge on any atom is -0.357 e. The van der Waals surface area contributed by atoms with E-state index in [-0.39, 0.29) is 5.91 Å². The molecule has 3 N–H and O–H groups in total. The van der Waals surface area contributed by atoms with Gasteiger partial charge in [0.05, 0.1) is 6.54 Å². The molecule has 1 heterocycles. The van der Waals surface area contributed by atoms with Crippen LogP contribution in [0.1, 0.15) is 25.0 Å². The molecule has 7 heteroatoms. The topological polar surface area (TPSA) is 78.4 Å². The Bertz CT molecular complexity index is 746. The molecule has 2 aromatic rings. The summed E-state index contributed by atoms with van der Waals surface area (Å²) in [4.78, 5) is 19.8. The van der Waals surface area contributed by atoms with Crippen molar-refractivity contribution in [3.8, 4) is 0 Å². The number of hydrogen-bond donors (Lipinski definition) is 3. The van der Waals surface area contributed by atoms with Crippen molar-refractivity contribution in [1.82, 2.24) is 15.6 Å². The van der Waals surface area contributed by atoms with Crippen LogP contribution in [0.5, 0.6) is 0 Å². The fraction of sp³-hybridized carbons (Fsp3) is 0.316. The number of guanidine groups is 1. The van der Waals surface area contributed by atoms with Crippen LogP contribution in [0.15, 0.2) is 47.6 Å². The average Bonchev–Trinajstić information content (AvgIpc) is 2.61. The maximum atomic E-state index is 11.2. The molecule has 0 unspecified atom stereocenters. The van der Waals surface area contributed by atoms with Crippen LogP contribution >= 0.6 is 11.6 Å². The summed E-state index contributed by atoms with van der Waals surface area (Å²) in [5.41, 5.74) is 2.91. The van der Waals surface area contributed by atoms with Crippen LogP contribution in [-0.2, 0) is 17.8 Å². The lowest BCUT2D eigenvalue weighted by molar-refractivity contribution is -0.114. The van der Waals surface area contributed by atoms with Gasteiger partial charge in [0.2, 0.25) is 5.91 Å². The molecule has 0 saturated carbocycles. The minimum absolute atomic E-state index is 0.0858. The molecule has 1 aromatic heterocycles. The number of carbonyl (C=O) groups excluding carboxylic acids is 1. The van der Waals surface area contributed by atoms with Gasteiger partial charge in [-0.15, -0.1) is 0 Å². The van der Waals surface area contributed by atoms with E-state index in [4.69, 9.17) is 11.6 Å². The number of carbonyl (C=O) groups is 1. The normalized spacial score (nSPS) is 11.1. The maximum Gasteiger partial charge on any atom is 0.221 e. The van der Waals surface area contributed by atoms with E-state index in [2.05, 4.69) is 25.9 Å². The van der Waals surface area contributed by atoms with Crippen molar-refractivity contribution in [2.45, 2.75) is 26.8 Å². The Balaban J connectivity index is 1.91. The van der Waals surface area contributed by atoms with Crippen molar-refractivity contribution < 1.29 is 4.79 Å². The number of amides is 1. The fourth-order valence-electron chi connectivity index (χ4n) is 2.34. The van der Waals surface area contributed by atoms with Crippen molar-refractivity contribution in [1.29, 1.82) is 0 Å². The first-order valence-corrected chi connectivity index (χ1v) is 8.93. The van der Waals surface area contributed by atoms with Gasteiger partial charge in [0.25, 0.3) is 0 Å². The second kappa shape index (κ2) is 10.4. The van der Waals surface area contributed by atoms with E-state index in [1.165, 1.54) is 6.92 Å². The number of aromatic nitrogens is 1. The summed E-state index contributed by atoms with van der Waals surface area (Å²) in [6.45, 7) is 5.55. The van der Waals surface area contributed by atoms with Gasteiger partial charge in [-0.3, -0.25) is 4.79 Å². The van der Waals surface area contributed by atoms with Crippen LogP contribution < -0.4 is 16.0 Å². The van der Waals surface area contributed by atoms with E-state index >= 15 is 0 Å². The highest BCUT2D eigenvalue weighted by atomic mass is 35.5. The highest BCUT2D eigenvalue weighted by molar-refractivity contribution is 6.29. The van der Waals surface area contributed by atoms with Crippen molar-refractivity contribution in [3.05, 3.63) is 58.9 Å². The van der Waals surface area contributed by atoms with E-state index in [1.54, 1.807) is 12.3 Å². The predicted octanol–water partition coefficient (Wildman–Crippen LogP) is 2.99. The molecular formula is C19H24ClN5O. The lowest BCUT2D eigenvalue weighted by atomic mass is 10.2. The van der Waals surface area contributed by atoms with E-state index in [0.717, 1.165) is 42.3 Å². The Hall–Kier alpha value is -2.60. The van der Waals surface area contributed by atoms with Crippen molar-refractivity contribution in [2.24, 2.45) is 4.99 Å². The molecule has 1 aromatic carbocycles. The van der Waals surface area contributed by atoms with Crippen LogP contribution in [0, 0.1) is 0 Å². The van der Waals surface area contributed by atoms with Gasteiger partial charge in [-0.05, 0) is 42.7 Å². The van der Waals surface area contributed by atoms with Crippen molar-refractivity contribution in [2.75, 3.05) is 18.4 Å². The first kappa shape index (κ1) is 19.7. The number of halogens is 1. The first-order valence-electron chi connectivity index (χ1n) is 8.56. The van der Waals surface area contributed by atoms with E-state index in [0.29, 0.717) is 11.7 Å². The van der Waals surface area contributed by atoms with Crippen LogP contribution in [0.3, 0.4) is 0 Å².